The van der Waals surface area contributed by atoms with Crippen molar-refractivity contribution >= 4 is 32.7 Å². The summed E-state index contributed by atoms with van der Waals surface area (Å²) in [5.41, 5.74) is 0.0827. The number of aromatic nitrogens is 3. The first-order valence-corrected chi connectivity index (χ1v) is 11.9. The van der Waals surface area contributed by atoms with E-state index in [2.05, 4.69) is 20.6 Å². The molecular weight excluding hydrogens is 469 g/mol. The average Bonchev–Trinajstić information content (AvgIpc) is 3.57. The van der Waals surface area contributed by atoms with Gasteiger partial charge in [0.1, 0.15) is 6.04 Å². The summed E-state index contributed by atoms with van der Waals surface area (Å²) in [6.07, 6.45) is -3.04. The maximum absolute atomic E-state index is 13.8. The number of nitrogens with one attached hydrogen (secondary N) is 2. The third-order valence-corrected chi connectivity index (χ3v) is 7.21. The van der Waals surface area contributed by atoms with Crippen molar-refractivity contribution in [3.05, 3.63) is 52.1 Å². The molecule has 0 bridgehead atoms. The SMILES string of the molecule is O=C(NCc1ccccc1)[C@H]1CCCN1c1nc2c(=O)n([C@H]3CCNC3)c(C(F)(F)F)nc2s1. The Kier molecular flexibility index (Phi) is 6.02. The first-order valence-electron chi connectivity index (χ1n) is 11.1. The lowest BCUT2D eigenvalue weighted by molar-refractivity contribution is -0.148. The minimum absolute atomic E-state index is 0.0649. The van der Waals surface area contributed by atoms with Gasteiger partial charge in [0.05, 0.1) is 6.04 Å². The average molecular weight is 493 g/mol. The van der Waals surface area contributed by atoms with Crippen LogP contribution in [0.1, 0.15) is 36.7 Å². The van der Waals surface area contributed by atoms with Crippen molar-refractivity contribution in [3.8, 4) is 0 Å². The number of rotatable bonds is 5. The van der Waals surface area contributed by atoms with Crippen LogP contribution in [0.5, 0.6) is 0 Å². The zero-order valence-electron chi connectivity index (χ0n) is 18.1. The van der Waals surface area contributed by atoms with Gasteiger partial charge in [-0.15, -0.1) is 0 Å². The van der Waals surface area contributed by atoms with Crippen molar-refractivity contribution < 1.29 is 18.0 Å². The van der Waals surface area contributed by atoms with Crippen LogP contribution in [0.25, 0.3) is 10.3 Å². The molecule has 2 N–H and O–H groups in total. The van der Waals surface area contributed by atoms with E-state index in [4.69, 9.17) is 0 Å². The zero-order chi connectivity index (χ0) is 23.9. The van der Waals surface area contributed by atoms with Crippen molar-refractivity contribution in [2.45, 2.75) is 44.1 Å². The molecule has 8 nitrogen and oxygen atoms in total. The second-order valence-corrected chi connectivity index (χ2v) is 9.42. The van der Waals surface area contributed by atoms with Crippen molar-refractivity contribution in [2.75, 3.05) is 24.5 Å². The first-order chi connectivity index (χ1) is 16.3. The minimum atomic E-state index is -4.77. The van der Waals surface area contributed by atoms with Crippen molar-refractivity contribution in [2.24, 2.45) is 0 Å². The highest BCUT2D eigenvalue weighted by Crippen LogP contribution is 2.35. The quantitative estimate of drug-likeness (QED) is 0.569. The minimum Gasteiger partial charge on any atom is -0.350 e. The topological polar surface area (TPSA) is 92.2 Å². The van der Waals surface area contributed by atoms with Crippen LogP contribution in [0.2, 0.25) is 0 Å². The molecule has 0 unspecified atom stereocenters. The predicted molar refractivity (Wildman–Crippen MR) is 122 cm³/mol. The fourth-order valence-corrected chi connectivity index (χ4v) is 5.58. The molecule has 0 radical (unpaired) electrons. The van der Waals surface area contributed by atoms with E-state index in [0.29, 0.717) is 37.6 Å². The number of nitrogens with zero attached hydrogens (tertiary/aromatic N) is 4. The summed E-state index contributed by atoms with van der Waals surface area (Å²) < 4.78 is 42.1. The molecule has 2 fully saturated rings. The number of benzene rings is 1. The summed E-state index contributed by atoms with van der Waals surface area (Å²) in [5.74, 6) is -1.38. The second-order valence-electron chi connectivity index (χ2n) is 8.46. The van der Waals surface area contributed by atoms with Gasteiger partial charge < -0.3 is 15.5 Å². The third-order valence-electron chi connectivity index (χ3n) is 6.22. The molecular formula is C22H23F3N6O2S. The molecule has 2 saturated heterocycles. The summed E-state index contributed by atoms with van der Waals surface area (Å²) in [6.45, 7) is 1.70. The number of hydrogen-bond donors (Lipinski definition) is 2. The lowest BCUT2D eigenvalue weighted by Gasteiger charge is -2.23. The van der Waals surface area contributed by atoms with E-state index in [-0.39, 0.29) is 22.8 Å². The Bertz CT molecular complexity index is 1250. The number of fused-ring (bicyclic) bond motifs is 1. The van der Waals surface area contributed by atoms with Gasteiger partial charge >= 0.3 is 6.18 Å². The van der Waals surface area contributed by atoms with Gasteiger partial charge in [-0.2, -0.15) is 13.2 Å². The molecule has 3 aromatic rings. The first kappa shape index (κ1) is 22.8. The predicted octanol–water partition coefficient (Wildman–Crippen LogP) is 2.69. The van der Waals surface area contributed by atoms with Crippen LogP contribution in [0.4, 0.5) is 18.3 Å². The molecule has 4 heterocycles. The smallest absolute Gasteiger partial charge is 0.350 e. The molecule has 1 aromatic carbocycles. The lowest BCUT2D eigenvalue weighted by atomic mass is 10.2. The van der Waals surface area contributed by atoms with Crippen LogP contribution in [-0.2, 0) is 17.5 Å². The molecule has 5 rings (SSSR count). The van der Waals surface area contributed by atoms with Crippen LogP contribution in [0.15, 0.2) is 35.1 Å². The van der Waals surface area contributed by atoms with Gasteiger partial charge in [-0.25, -0.2) is 9.97 Å². The van der Waals surface area contributed by atoms with Crippen LogP contribution >= 0.6 is 11.3 Å². The maximum Gasteiger partial charge on any atom is 0.449 e. The van der Waals surface area contributed by atoms with E-state index in [1.807, 2.05) is 30.3 Å². The van der Waals surface area contributed by atoms with Gasteiger partial charge in [-0.1, -0.05) is 41.7 Å². The van der Waals surface area contributed by atoms with E-state index in [1.54, 1.807) is 4.90 Å². The molecule has 0 spiro atoms. The highest BCUT2D eigenvalue weighted by atomic mass is 32.1. The summed E-state index contributed by atoms with van der Waals surface area (Å²) in [7, 11) is 0. The number of hydrogen-bond acceptors (Lipinski definition) is 7. The molecule has 34 heavy (non-hydrogen) atoms. The second kappa shape index (κ2) is 8.99. The van der Waals surface area contributed by atoms with Gasteiger partial charge in [-0.05, 0) is 31.4 Å². The number of carbonyl (C=O) groups is 1. The van der Waals surface area contributed by atoms with Gasteiger partial charge in [0.2, 0.25) is 11.7 Å². The van der Waals surface area contributed by atoms with E-state index in [1.165, 1.54) is 0 Å². The lowest BCUT2D eigenvalue weighted by Crippen LogP contribution is -2.43. The van der Waals surface area contributed by atoms with E-state index < -0.39 is 29.6 Å². The summed E-state index contributed by atoms with van der Waals surface area (Å²) in [4.78, 5) is 35.9. The van der Waals surface area contributed by atoms with E-state index >= 15 is 0 Å². The van der Waals surface area contributed by atoms with Crippen molar-refractivity contribution in [1.82, 2.24) is 25.2 Å². The Hall–Kier alpha value is -2.99. The third kappa shape index (κ3) is 4.27. The number of halogens is 3. The van der Waals surface area contributed by atoms with Gasteiger partial charge in [0, 0.05) is 19.6 Å². The van der Waals surface area contributed by atoms with Gasteiger partial charge in [0.15, 0.2) is 15.5 Å². The van der Waals surface area contributed by atoms with Crippen LogP contribution < -0.4 is 21.1 Å². The van der Waals surface area contributed by atoms with Gasteiger partial charge in [0.25, 0.3) is 5.56 Å². The van der Waals surface area contributed by atoms with E-state index in [9.17, 15) is 22.8 Å². The van der Waals surface area contributed by atoms with Crippen LogP contribution in [0.3, 0.4) is 0 Å². The Morgan fingerprint density at radius 1 is 1.21 bits per heavy atom. The number of amides is 1. The van der Waals surface area contributed by atoms with Crippen LogP contribution in [0, 0.1) is 0 Å². The number of carbonyl (C=O) groups excluding carboxylic acids is 1. The maximum atomic E-state index is 13.8. The largest absolute Gasteiger partial charge is 0.449 e. The molecule has 2 aromatic heterocycles. The normalized spacial score (nSPS) is 20.9. The highest BCUT2D eigenvalue weighted by Gasteiger charge is 2.41. The Morgan fingerprint density at radius 3 is 2.71 bits per heavy atom. The summed E-state index contributed by atoms with van der Waals surface area (Å²) in [6, 6.07) is 8.36. The molecule has 12 heteroatoms. The molecule has 1 amide bonds. The number of thiazole rings is 1. The van der Waals surface area contributed by atoms with Crippen molar-refractivity contribution in [1.29, 1.82) is 0 Å². The monoisotopic (exact) mass is 492 g/mol. The molecule has 180 valence electrons. The molecule has 0 saturated carbocycles. The number of alkyl halides is 3. The molecule has 2 aliphatic rings. The molecule has 0 aliphatic carbocycles. The fourth-order valence-electron chi connectivity index (χ4n) is 4.57. The van der Waals surface area contributed by atoms with E-state index in [0.717, 1.165) is 27.9 Å². The van der Waals surface area contributed by atoms with Crippen LogP contribution in [-0.4, -0.2) is 46.1 Å². The Labute approximate surface area is 196 Å². The van der Waals surface area contributed by atoms with Gasteiger partial charge in [-0.3, -0.25) is 14.2 Å². The number of anilines is 1. The molecule has 2 aliphatic heterocycles. The summed E-state index contributed by atoms with van der Waals surface area (Å²) >= 11 is 0.921. The zero-order valence-corrected chi connectivity index (χ0v) is 19.0. The Morgan fingerprint density at radius 2 is 2.00 bits per heavy atom. The summed E-state index contributed by atoms with van der Waals surface area (Å²) in [5, 5.41) is 6.25. The highest BCUT2D eigenvalue weighted by molar-refractivity contribution is 7.21. The Balaban J connectivity index is 1.46. The van der Waals surface area contributed by atoms with Crippen molar-refractivity contribution in [3.63, 3.8) is 0 Å². The standard InChI is InChI=1S/C22H23F3N6O2S/c23-22(24,25)20-29-18-16(19(33)31(20)14-8-9-26-12-14)28-21(34-18)30-10-4-7-15(30)17(32)27-11-13-5-2-1-3-6-13/h1-3,5-6,14-15,26H,4,7-12H2,(H,27,32)/t14-,15+/m0/s1. The fraction of sp³-hybridized carbons (Fsp3) is 0.455. The molecule has 2 atom stereocenters.